The molecule has 29 heavy (non-hydrogen) atoms. The Labute approximate surface area is 185 Å². The number of fused-ring (bicyclic) bond motifs is 1. The van der Waals surface area contributed by atoms with E-state index in [2.05, 4.69) is 73.0 Å². The third kappa shape index (κ3) is 6.00. The summed E-state index contributed by atoms with van der Waals surface area (Å²) in [6, 6.07) is 12.9. The van der Waals surface area contributed by atoms with Gasteiger partial charge in [-0.1, -0.05) is 35.1 Å². The fourth-order valence-electron chi connectivity index (χ4n) is 3.21. The molecule has 0 spiro atoms. The van der Waals surface area contributed by atoms with Gasteiger partial charge in [0.2, 0.25) is 5.91 Å². The molecule has 1 aromatic heterocycles. The van der Waals surface area contributed by atoms with Crippen LogP contribution in [0.4, 0.5) is 0 Å². The number of hydrogen-bond acceptors (Lipinski definition) is 4. The summed E-state index contributed by atoms with van der Waals surface area (Å²) in [6.45, 7) is 7.23. The monoisotopic (exact) mass is 444 g/mol. The molecule has 0 bridgehead atoms. The fourth-order valence-corrected chi connectivity index (χ4v) is 5.55. The van der Waals surface area contributed by atoms with Crippen molar-refractivity contribution < 1.29 is 4.79 Å². The van der Waals surface area contributed by atoms with Gasteiger partial charge in [-0.25, -0.2) is 0 Å². The summed E-state index contributed by atoms with van der Waals surface area (Å²) < 4.78 is 3.45. The largest absolute Gasteiger partial charge is 0.315 e. The second-order valence-electron chi connectivity index (χ2n) is 7.23. The van der Waals surface area contributed by atoms with E-state index in [9.17, 15) is 4.79 Å². The number of aromatic nitrogens is 1. The van der Waals surface area contributed by atoms with Crippen LogP contribution in [0.2, 0.25) is 0 Å². The molecule has 0 fully saturated rings. The highest BCUT2D eigenvalue weighted by molar-refractivity contribution is 7.99. The molecule has 0 aliphatic rings. The Balaban J connectivity index is 1.71. The van der Waals surface area contributed by atoms with Crippen LogP contribution in [0.25, 0.3) is 10.2 Å². The zero-order chi connectivity index (χ0) is 20.8. The highest BCUT2D eigenvalue weighted by Gasteiger charge is 2.10. The lowest BCUT2D eigenvalue weighted by molar-refractivity contribution is -0.118. The highest BCUT2D eigenvalue weighted by atomic mass is 32.2. The van der Waals surface area contributed by atoms with Gasteiger partial charge in [0.15, 0.2) is 4.80 Å². The van der Waals surface area contributed by atoms with E-state index in [1.54, 1.807) is 23.1 Å². The molecule has 3 rings (SSSR count). The second-order valence-corrected chi connectivity index (χ2v) is 10.4. The molecular formula is C23H28N2OS3. The minimum Gasteiger partial charge on any atom is -0.315 e. The smallest absolute Gasteiger partial charge is 0.248 e. The molecule has 0 atom stereocenters. The van der Waals surface area contributed by atoms with E-state index in [4.69, 9.17) is 0 Å². The van der Waals surface area contributed by atoms with Crippen LogP contribution in [0, 0.1) is 20.8 Å². The number of hydrogen-bond donors (Lipinski definition) is 0. The summed E-state index contributed by atoms with van der Waals surface area (Å²) in [4.78, 5) is 19.1. The predicted octanol–water partition coefficient (Wildman–Crippen LogP) is 5.99. The molecule has 3 aromatic rings. The highest BCUT2D eigenvalue weighted by Crippen LogP contribution is 2.24. The number of amides is 1. The number of thioether (sulfide) groups is 2. The molecule has 0 aliphatic heterocycles. The third-order valence-electron chi connectivity index (χ3n) is 4.68. The first-order valence-corrected chi connectivity index (χ1v) is 13.0. The molecule has 0 saturated heterocycles. The van der Waals surface area contributed by atoms with E-state index in [1.165, 1.54) is 31.8 Å². The number of nitrogens with zero attached hydrogens (tertiary/aromatic N) is 2. The summed E-state index contributed by atoms with van der Waals surface area (Å²) >= 11 is 5.25. The van der Waals surface area contributed by atoms with Crippen LogP contribution in [0.3, 0.4) is 0 Å². The van der Waals surface area contributed by atoms with Gasteiger partial charge in [-0.05, 0) is 68.5 Å². The summed E-state index contributed by atoms with van der Waals surface area (Å²) in [5.41, 5.74) is 4.97. The molecule has 0 aliphatic carbocycles. The van der Waals surface area contributed by atoms with E-state index in [-0.39, 0.29) is 5.91 Å². The minimum atomic E-state index is -0.0201. The Morgan fingerprint density at radius 2 is 1.83 bits per heavy atom. The van der Waals surface area contributed by atoms with Crippen LogP contribution in [-0.2, 0) is 11.3 Å². The molecule has 1 amide bonds. The van der Waals surface area contributed by atoms with Gasteiger partial charge in [0.1, 0.15) is 0 Å². The van der Waals surface area contributed by atoms with E-state index >= 15 is 0 Å². The van der Waals surface area contributed by atoms with Crippen LogP contribution in [-0.4, -0.2) is 28.2 Å². The summed E-state index contributed by atoms with van der Waals surface area (Å²) in [5, 5.41) is 0. The minimum absolute atomic E-state index is 0.0201. The van der Waals surface area contributed by atoms with Gasteiger partial charge in [-0.15, -0.1) is 11.8 Å². The zero-order valence-corrected chi connectivity index (χ0v) is 20.0. The van der Waals surface area contributed by atoms with Crippen LogP contribution in [0.5, 0.6) is 0 Å². The van der Waals surface area contributed by atoms with Gasteiger partial charge in [0, 0.05) is 23.6 Å². The van der Waals surface area contributed by atoms with E-state index in [0.717, 1.165) is 29.3 Å². The van der Waals surface area contributed by atoms with Gasteiger partial charge in [-0.3, -0.25) is 4.79 Å². The fraction of sp³-hybridized carbons (Fsp3) is 0.391. The number of thiazole rings is 1. The van der Waals surface area contributed by atoms with Crippen LogP contribution in [0.1, 0.15) is 29.5 Å². The first-order valence-electron chi connectivity index (χ1n) is 9.84. The van der Waals surface area contributed by atoms with Crippen LogP contribution in [0.15, 0.2) is 46.3 Å². The van der Waals surface area contributed by atoms with Crippen LogP contribution >= 0.6 is 34.9 Å². The molecule has 2 aromatic carbocycles. The maximum absolute atomic E-state index is 12.5. The van der Waals surface area contributed by atoms with Crippen molar-refractivity contribution in [3.05, 3.63) is 57.9 Å². The molecule has 0 N–H and O–H groups in total. The molecule has 1 heterocycles. The third-order valence-corrected chi connectivity index (χ3v) is 7.60. The van der Waals surface area contributed by atoms with Crippen molar-refractivity contribution in [1.29, 1.82) is 0 Å². The Bertz CT molecular complexity index is 1050. The number of carbonyl (C=O) groups excluding carboxylic acids is 1. The lowest BCUT2D eigenvalue weighted by atomic mass is 10.1. The van der Waals surface area contributed by atoms with Crippen molar-refractivity contribution in [2.45, 2.75) is 45.1 Å². The normalized spacial score (nSPS) is 12.1. The zero-order valence-electron chi connectivity index (χ0n) is 17.5. The maximum atomic E-state index is 12.5. The second kappa shape index (κ2) is 10.5. The van der Waals surface area contributed by atoms with Crippen molar-refractivity contribution >= 4 is 51.0 Å². The van der Waals surface area contributed by atoms with Crippen molar-refractivity contribution in [3.63, 3.8) is 0 Å². The number of rotatable bonds is 8. The van der Waals surface area contributed by atoms with Gasteiger partial charge in [-0.2, -0.15) is 16.8 Å². The Hall–Kier alpha value is -1.50. The first kappa shape index (κ1) is 22.2. The van der Waals surface area contributed by atoms with E-state index in [0.29, 0.717) is 6.42 Å². The van der Waals surface area contributed by atoms with Crippen molar-refractivity contribution in [1.82, 2.24) is 4.57 Å². The Morgan fingerprint density at radius 1 is 1.07 bits per heavy atom. The molecule has 0 saturated carbocycles. The lowest BCUT2D eigenvalue weighted by Gasteiger charge is -2.05. The molecule has 6 heteroatoms. The summed E-state index contributed by atoms with van der Waals surface area (Å²) in [7, 11) is 0. The first-order chi connectivity index (χ1) is 14.0. The Kier molecular flexibility index (Phi) is 8.04. The quantitative estimate of drug-likeness (QED) is 0.316. The lowest BCUT2D eigenvalue weighted by Crippen LogP contribution is -2.18. The maximum Gasteiger partial charge on any atom is 0.248 e. The molecule has 0 radical (unpaired) electrons. The average molecular weight is 445 g/mol. The van der Waals surface area contributed by atoms with E-state index in [1.807, 2.05) is 11.8 Å². The number of carbonyl (C=O) groups is 1. The van der Waals surface area contributed by atoms with E-state index < -0.39 is 0 Å². The average Bonchev–Trinajstić information content (AvgIpc) is 3.02. The number of benzene rings is 2. The van der Waals surface area contributed by atoms with Gasteiger partial charge < -0.3 is 4.57 Å². The SMILES string of the molecule is CSCCn1c(=NC(=O)CCCSc2ccc(C)cc2)sc2c(C)cc(C)cc21. The summed E-state index contributed by atoms with van der Waals surface area (Å²) in [5.74, 6) is 1.92. The predicted molar refractivity (Wildman–Crippen MR) is 129 cm³/mol. The van der Waals surface area contributed by atoms with Crippen molar-refractivity contribution in [2.75, 3.05) is 17.8 Å². The molecule has 3 nitrogen and oxygen atoms in total. The molecular weight excluding hydrogens is 416 g/mol. The van der Waals surface area contributed by atoms with Crippen molar-refractivity contribution in [2.24, 2.45) is 4.99 Å². The van der Waals surface area contributed by atoms with Crippen molar-refractivity contribution in [3.8, 4) is 0 Å². The van der Waals surface area contributed by atoms with Gasteiger partial charge >= 0.3 is 0 Å². The summed E-state index contributed by atoms with van der Waals surface area (Å²) in [6.07, 6.45) is 3.45. The number of aryl methyl sites for hydroxylation is 4. The Morgan fingerprint density at radius 3 is 2.55 bits per heavy atom. The van der Waals surface area contributed by atoms with Crippen LogP contribution < -0.4 is 4.80 Å². The standard InChI is InChI=1S/C23H28N2OS3/c1-16-7-9-19(10-8-16)28-12-5-6-21(26)24-23-25(11-13-27-4)20-15-17(2)14-18(3)22(20)29-23/h7-10,14-15H,5-6,11-13H2,1-4H3. The topological polar surface area (TPSA) is 34.4 Å². The van der Waals surface area contributed by atoms with Gasteiger partial charge in [0.25, 0.3) is 0 Å². The molecule has 154 valence electrons. The van der Waals surface area contributed by atoms with Gasteiger partial charge in [0.05, 0.1) is 10.2 Å². The molecule has 0 unspecified atom stereocenters.